The van der Waals surface area contributed by atoms with Crippen LogP contribution < -0.4 is 5.32 Å². The fraction of sp³-hybridized carbons (Fsp3) is 0.250. The highest BCUT2D eigenvalue weighted by Crippen LogP contribution is 2.33. The predicted molar refractivity (Wildman–Crippen MR) is 81.7 cm³/mol. The first kappa shape index (κ1) is 13.3. The molecular formula is C16H18BrN. The number of nitrogens with one attached hydrogen (secondary N) is 1. The molecule has 0 aromatic heterocycles. The molecule has 0 saturated carbocycles. The van der Waals surface area contributed by atoms with Crippen LogP contribution in [0.25, 0.3) is 11.1 Å². The normalized spacial score (nSPS) is 12.4. The van der Waals surface area contributed by atoms with Crippen LogP contribution in [-0.2, 0) is 0 Å². The maximum atomic E-state index is 3.63. The van der Waals surface area contributed by atoms with Gasteiger partial charge in [0, 0.05) is 10.5 Å². The summed E-state index contributed by atoms with van der Waals surface area (Å²) in [7, 11) is 0. The van der Waals surface area contributed by atoms with Crippen molar-refractivity contribution in [1.29, 1.82) is 0 Å². The molecular weight excluding hydrogens is 286 g/mol. The van der Waals surface area contributed by atoms with Crippen LogP contribution in [0.3, 0.4) is 0 Å². The first-order valence-corrected chi connectivity index (χ1v) is 7.10. The zero-order chi connectivity index (χ0) is 13.0. The summed E-state index contributed by atoms with van der Waals surface area (Å²) in [5.41, 5.74) is 3.88. The van der Waals surface area contributed by atoms with E-state index in [1.807, 2.05) is 6.07 Å². The van der Waals surface area contributed by atoms with Crippen molar-refractivity contribution in [2.45, 2.75) is 19.9 Å². The van der Waals surface area contributed by atoms with Crippen molar-refractivity contribution in [2.75, 3.05) is 6.54 Å². The Kier molecular flexibility index (Phi) is 4.56. The third kappa shape index (κ3) is 2.82. The SMILES string of the molecule is CCNC(C)c1ccccc1-c1ccccc1Br. The molecule has 1 nitrogen and oxygen atoms in total. The fourth-order valence-corrected chi connectivity index (χ4v) is 2.71. The van der Waals surface area contributed by atoms with Crippen molar-refractivity contribution >= 4 is 15.9 Å². The second-order valence-corrected chi connectivity index (χ2v) is 5.20. The van der Waals surface area contributed by atoms with E-state index in [1.165, 1.54) is 16.7 Å². The molecule has 2 heteroatoms. The van der Waals surface area contributed by atoms with Crippen molar-refractivity contribution in [2.24, 2.45) is 0 Å². The van der Waals surface area contributed by atoms with Gasteiger partial charge in [-0.3, -0.25) is 0 Å². The largest absolute Gasteiger partial charge is 0.310 e. The Labute approximate surface area is 117 Å². The van der Waals surface area contributed by atoms with E-state index < -0.39 is 0 Å². The number of rotatable bonds is 4. The van der Waals surface area contributed by atoms with E-state index in [-0.39, 0.29) is 0 Å². The predicted octanol–water partition coefficient (Wildman–Crippen LogP) is 4.79. The molecule has 2 rings (SSSR count). The van der Waals surface area contributed by atoms with E-state index in [1.54, 1.807) is 0 Å². The van der Waals surface area contributed by atoms with Crippen LogP contribution in [0.4, 0.5) is 0 Å². The first-order valence-electron chi connectivity index (χ1n) is 6.31. The molecule has 94 valence electrons. The lowest BCUT2D eigenvalue weighted by Gasteiger charge is -2.18. The van der Waals surface area contributed by atoms with E-state index >= 15 is 0 Å². The summed E-state index contributed by atoms with van der Waals surface area (Å²) in [4.78, 5) is 0. The molecule has 0 bridgehead atoms. The van der Waals surface area contributed by atoms with E-state index in [0.29, 0.717) is 6.04 Å². The Morgan fingerprint density at radius 1 is 1.00 bits per heavy atom. The average Bonchev–Trinajstić information content (AvgIpc) is 2.40. The maximum Gasteiger partial charge on any atom is 0.0297 e. The molecule has 0 fully saturated rings. The monoisotopic (exact) mass is 303 g/mol. The molecule has 0 saturated heterocycles. The number of hydrogen-bond acceptors (Lipinski definition) is 1. The first-order chi connectivity index (χ1) is 8.74. The average molecular weight is 304 g/mol. The summed E-state index contributed by atoms with van der Waals surface area (Å²) in [6, 6.07) is 17.3. The highest BCUT2D eigenvalue weighted by atomic mass is 79.9. The molecule has 18 heavy (non-hydrogen) atoms. The lowest BCUT2D eigenvalue weighted by Crippen LogP contribution is -2.18. The van der Waals surface area contributed by atoms with Crippen molar-refractivity contribution < 1.29 is 0 Å². The van der Waals surface area contributed by atoms with E-state index in [9.17, 15) is 0 Å². The second-order valence-electron chi connectivity index (χ2n) is 4.35. The smallest absolute Gasteiger partial charge is 0.0297 e. The highest BCUT2D eigenvalue weighted by molar-refractivity contribution is 9.10. The van der Waals surface area contributed by atoms with Gasteiger partial charge in [-0.1, -0.05) is 65.3 Å². The minimum atomic E-state index is 0.360. The van der Waals surface area contributed by atoms with Gasteiger partial charge in [0.2, 0.25) is 0 Å². The Bertz CT molecular complexity index is 522. The highest BCUT2D eigenvalue weighted by Gasteiger charge is 2.11. The van der Waals surface area contributed by atoms with Crippen LogP contribution in [0.1, 0.15) is 25.5 Å². The minimum absolute atomic E-state index is 0.360. The van der Waals surface area contributed by atoms with E-state index in [2.05, 4.69) is 77.6 Å². The Morgan fingerprint density at radius 3 is 2.28 bits per heavy atom. The van der Waals surface area contributed by atoms with Crippen molar-refractivity contribution in [3.63, 3.8) is 0 Å². The van der Waals surface area contributed by atoms with Crippen LogP contribution in [0.5, 0.6) is 0 Å². The van der Waals surface area contributed by atoms with Crippen molar-refractivity contribution in [3.8, 4) is 11.1 Å². The molecule has 0 spiro atoms. The second kappa shape index (κ2) is 6.17. The lowest BCUT2D eigenvalue weighted by molar-refractivity contribution is 0.599. The minimum Gasteiger partial charge on any atom is -0.310 e. The summed E-state index contributed by atoms with van der Waals surface area (Å²) in [6.07, 6.45) is 0. The molecule has 1 unspecified atom stereocenters. The van der Waals surface area contributed by atoms with Crippen LogP contribution in [0.2, 0.25) is 0 Å². The molecule has 0 aliphatic carbocycles. The van der Waals surface area contributed by atoms with Gasteiger partial charge in [-0.2, -0.15) is 0 Å². The maximum absolute atomic E-state index is 3.63. The van der Waals surface area contributed by atoms with Gasteiger partial charge in [-0.25, -0.2) is 0 Å². The molecule has 1 atom stereocenters. The van der Waals surface area contributed by atoms with Crippen LogP contribution in [0.15, 0.2) is 53.0 Å². The molecule has 1 N–H and O–H groups in total. The summed E-state index contributed by atoms with van der Waals surface area (Å²) in [6.45, 7) is 5.32. The van der Waals surface area contributed by atoms with E-state index in [4.69, 9.17) is 0 Å². The van der Waals surface area contributed by atoms with Gasteiger partial charge in [0.1, 0.15) is 0 Å². The van der Waals surface area contributed by atoms with Crippen LogP contribution in [-0.4, -0.2) is 6.54 Å². The number of hydrogen-bond donors (Lipinski definition) is 1. The molecule has 2 aromatic rings. The quantitative estimate of drug-likeness (QED) is 0.856. The molecule has 2 aromatic carbocycles. The summed E-state index contributed by atoms with van der Waals surface area (Å²) < 4.78 is 1.14. The summed E-state index contributed by atoms with van der Waals surface area (Å²) >= 11 is 3.63. The number of halogens is 1. The van der Waals surface area contributed by atoms with E-state index in [0.717, 1.165) is 11.0 Å². The molecule has 0 aliphatic heterocycles. The Morgan fingerprint density at radius 2 is 1.61 bits per heavy atom. The van der Waals surface area contributed by atoms with Gasteiger partial charge >= 0.3 is 0 Å². The van der Waals surface area contributed by atoms with Gasteiger partial charge in [-0.15, -0.1) is 0 Å². The zero-order valence-electron chi connectivity index (χ0n) is 10.8. The summed E-state index contributed by atoms with van der Waals surface area (Å²) in [5, 5.41) is 3.48. The molecule has 0 radical (unpaired) electrons. The molecule has 0 amide bonds. The summed E-state index contributed by atoms with van der Waals surface area (Å²) in [5.74, 6) is 0. The van der Waals surface area contributed by atoms with Crippen molar-refractivity contribution in [1.82, 2.24) is 5.32 Å². The lowest BCUT2D eigenvalue weighted by atomic mass is 9.95. The number of benzene rings is 2. The topological polar surface area (TPSA) is 12.0 Å². The Hall–Kier alpha value is -1.12. The fourth-order valence-electron chi connectivity index (χ4n) is 2.22. The van der Waals surface area contributed by atoms with Crippen molar-refractivity contribution in [3.05, 3.63) is 58.6 Å². The Balaban J connectivity index is 2.48. The van der Waals surface area contributed by atoms with Gasteiger partial charge in [0.05, 0.1) is 0 Å². The third-order valence-corrected chi connectivity index (χ3v) is 3.79. The van der Waals surface area contributed by atoms with Gasteiger partial charge < -0.3 is 5.32 Å². The third-order valence-electron chi connectivity index (χ3n) is 3.10. The molecule has 0 heterocycles. The van der Waals surface area contributed by atoms with Gasteiger partial charge in [0.15, 0.2) is 0 Å². The molecule has 0 aliphatic rings. The zero-order valence-corrected chi connectivity index (χ0v) is 12.4. The van der Waals surface area contributed by atoms with Crippen LogP contribution in [0, 0.1) is 0 Å². The standard InChI is InChI=1S/C16H18BrN/c1-3-18-12(2)13-8-4-5-9-14(13)15-10-6-7-11-16(15)17/h4-12,18H,3H2,1-2H3. The van der Waals surface area contributed by atoms with Gasteiger partial charge in [0.25, 0.3) is 0 Å². The van der Waals surface area contributed by atoms with Crippen LogP contribution >= 0.6 is 15.9 Å². The van der Waals surface area contributed by atoms with Gasteiger partial charge in [-0.05, 0) is 36.2 Å².